The molecule has 4 nitrogen and oxygen atoms in total. The molecule has 96 valence electrons. The van der Waals surface area contributed by atoms with E-state index in [-0.39, 0.29) is 29.1 Å². The van der Waals surface area contributed by atoms with Crippen LogP contribution in [0.15, 0.2) is 36.4 Å². The number of hydrogen-bond acceptors (Lipinski definition) is 3. The van der Waals surface area contributed by atoms with Crippen molar-refractivity contribution in [2.45, 2.75) is 13.8 Å². The highest BCUT2D eigenvalue weighted by Gasteiger charge is 2.23. The van der Waals surface area contributed by atoms with E-state index in [1.807, 2.05) is 36.4 Å². The summed E-state index contributed by atoms with van der Waals surface area (Å²) in [5.74, 6) is -0.729. The summed E-state index contributed by atoms with van der Waals surface area (Å²) in [6.07, 6.45) is 3.58. The topological polar surface area (TPSA) is 60.2 Å². The Morgan fingerprint density at radius 3 is 2.50 bits per heavy atom. The molecule has 1 aromatic carbocycles. The summed E-state index contributed by atoms with van der Waals surface area (Å²) in [6.45, 7) is 2.98. The quantitative estimate of drug-likeness (QED) is 0.573. The van der Waals surface area contributed by atoms with E-state index in [9.17, 15) is 14.9 Å². The van der Waals surface area contributed by atoms with Gasteiger partial charge in [-0.2, -0.15) is 0 Å². The molecule has 0 saturated heterocycles. The molecular weight excluding hydrogens is 230 g/mol. The van der Waals surface area contributed by atoms with Crippen molar-refractivity contribution < 1.29 is 9.72 Å². The molecule has 0 bridgehead atoms. The van der Waals surface area contributed by atoms with Crippen LogP contribution < -0.4 is 0 Å². The lowest BCUT2D eigenvalue weighted by Gasteiger charge is -2.14. The highest BCUT2D eigenvalue weighted by atomic mass is 16.6. The van der Waals surface area contributed by atoms with Crippen LogP contribution in [0.1, 0.15) is 19.4 Å². The van der Waals surface area contributed by atoms with Gasteiger partial charge in [-0.3, -0.25) is 14.9 Å². The Morgan fingerprint density at radius 2 is 2.00 bits per heavy atom. The van der Waals surface area contributed by atoms with Crippen LogP contribution in [0, 0.1) is 22.0 Å². The fraction of sp³-hybridized carbons (Fsp3) is 0.357. The van der Waals surface area contributed by atoms with Crippen LogP contribution in [0.2, 0.25) is 0 Å². The van der Waals surface area contributed by atoms with E-state index in [1.165, 1.54) is 6.92 Å². The molecule has 0 radical (unpaired) electrons. The molecule has 0 aromatic heterocycles. The van der Waals surface area contributed by atoms with Gasteiger partial charge in [0.05, 0.1) is 5.92 Å². The second-order valence-corrected chi connectivity index (χ2v) is 4.35. The monoisotopic (exact) mass is 247 g/mol. The summed E-state index contributed by atoms with van der Waals surface area (Å²) in [7, 11) is 0. The molecule has 18 heavy (non-hydrogen) atoms. The van der Waals surface area contributed by atoms with Crippen LogP contribution in [0.25, 0.3) is 6.08 Å². The Labute approximate surface area is 106 Å². The standard InChI is InChI=1S/C14H17NO3/c1-11(12(2)16)14(10-15(17)18)9-8-13-6-4-3-5-7-13/h3-9,11,14H,10H2,1-2H3/b9-8+. The first-order valence-corrected chi connectivity index (χ1v) is 5.86. The third-order valence-corrected chi connectivity index (χ3v) is 2.98. The molecule has 2 unspecified atom stereocenters. The number of nitro groups is 1. The zero-order valence-electron chi connectivity index (χ0n) is 10.6. The van der Waals surface area contributed by atoms with Crippen molar-refractivity contribution in [2.24, 2.45) is 11.8 Å². The molecule has 0 fully saturated rings. The largest absolute Gasteiger partial charge is 0.300 e. The maximum atomic E-state index is 11.3. The van der Waals surface area contributed by atoms with Gasteiger partial charge in [-0.15, -0.1) is 0 Å². The second kappa shape index (κ2) is 6.69. The number of hydrogen-bond donors (Lipinski definition) is 0. The normalized spacial score (nSPS) is 14.3. The van der Waals surface area contributed by atoms with E-state index in [2.05, 4.69) is 0 Å². The van der Waals surface area contributed by atoms with Crippen LogP contribution in [0.5, 0.6) is 0 Å². The predicted molar refractivity (Wildman–Crippen MR) is 70.7 cm³/mol. The molecular formula is C14H17NO3. The maximum absolute atomic E-state index is 11.3. The van der Waals surface area contributed by atoms with Gasteiger partial charge in [0.15, 0.2) is 0 Å². The predicted octanol–water partition coefficient (Wildman–Crippen LogP) is 2.82. The average Bonchev–Trinajstić information content (AvgIpc) is 2.34. The molecule has 0 aliphatic rings. The van der Waals surface area contributed by atoms with Crippen LogP contribution in [0.3, 0.4) is 0 Å². The van der Waals surface area contributed by atoms with Gasteiger partial charge in [0.25, 0.3) is 0 Å². The number of ketones is 1. The fourth-order valence-electron chi connectivity index (χ4n) is 1.66. The maximum Gasteiger partial charge on any atom is 0.210 e. The van der Waals surface area contributed by atoms with E-state index in [4.69, 9.17) is 0 Å². The van der Waals surface area contributed by atoms with Crippen molar-refractivity contribution in [3.63, 3.8) is 0 Å². The van der Waals surface area contributed by atoms with E-state index in [0.717, 1.165) is 5.56 Å². The van der Waals surface area contributed by atoms with Crippen molar-refractivity contribution in [3.05, 3.63) is 52.1 Å². The number of carbonyl (C=O) groups is 1. The Kier molecular flexibility index (Phi) is 5.24. The fourth-order valence-corrected chi connectivity index (χ4v) is 1.66. The van der Waals surface area contributed by atoms with Gasteiger partial charge in [-0.1, -0.05) is 49.4 Å². The Bertz CT molecular complexity index is 440. The zero-order chi connectivity index (χ0) is 13.5. The van der Waals surface area contributed by atoms with Gasteiger partial charge >= 0.3 is 0 Å². The van der Waals surface area contributed by atoms with E-state index in [0.29, 0.717) is 0 Å². The van der Waals surface area contributed by atoms with Crippen molar-refractivity contribution in [1.29, 1.82) is 0 Å². The lowest BCUT2D eigenvalue weighted by Crippen LogP contribution is -2.24. The number of benzene rings is 1. The van der Waals surface area contributed by atoms with E-state index in [1.54, 1.807) is 13.0 Å². The smallest absolute Gasteiger partial charge is 0.210 e. The molecule has 0 amide bonds. The highest BCUT2D eigenvalue weighted by Crippen LogP contribution is 2.16. The third-order valence-electron chi connectivity index (χ3n) is 2.98. The lowest BCUT2D eigenvalue weighted by molar-refractivity contribution is -0.486. The van der Waals surface area contributed by atoms with Crippen LogP contribution >= 0.6 is 0 Å². The zero-order valence-corrected chi connectivity index (χ0v) is 10.6. The summed E-state index contributed by atoms with van der Waals surface area (Å²) >= 11 is 0. The molecule has 0 N–H and O–H groups in total. The number of Topliss-reactive ketones (excluding diaryl/α,β-unsaturated/α-hetero) is 1. The first-order valence-electron chi connectivity index (χ1n) is 5.86. The lowest BCUT2D eigenvalue weighted by atomic mass is 9.90. The molecule has 2 atom stereocenters. The number of rotatable bonds is 6. The Morgan fingerprint density at radius 1 is 1.39 bits per heavy atom. The van der Waals surface area contributed by atoms with Gasteiger partial charge in [-0.05, 0) is 12.5 Å². The summed E-state index contributed by atoms with van der Waals surface area (Å²) in [5, 5.41) is 10.6. The third kappa shape index (κ3) is 4.49. The molecule has 0 aliphatic heterocycles. The second-order valence-electron chi connectivity index (χ2n) is 4.35. The number of nitrogens with zero attached hydrogens (tertiary/aromatic N) is 1. The minimum absolute atomic E-state index is 0.0282. The summed E-state index contributed by atoms with van der Waals surface area (Å²) in [5.41, 5.74) is 0.974. The molecule has 0 heterocycles. The van der Waals surface area contributed by atoms with E-state index >= 15 is 0 Å². The highest BCUT2D eigenvalue weighted by molar-refractivity contribution is 5.78. The molecule has 4 heteroatoms. The van der Waals surface area contributed by atoms with Crippen LogP contribution in [-0.2, 0) is 4.79 Å². The summed E-state index contributed by atoms with van der Waals surface area (Å²) in [4.78, 5) is 21.6. The van der Waals surface area contributed by atoms with E-state index < -0.39 is 0 Å². The van der Waals surface area contributed by atoms with Gasteiger partial charge in [0.2, 0.25) is 6.54 Å². The SMILES string of the molecule is CC(=O)C(C)C(/C=C/c1ccccc1)C[N+](=O)[O-]. The van der Waals surface area contributed by atoms with Gasteiger partial charge < -0.3 is 0 Å². The Hall–Kier alpha value is -1.97. The van der Waals surface area contributed by atoms with Crippen molar-refractivity contribution in [3.8, 4) is 0 Å². The Balaban J connectivity index is 2.81. The summed E-state index contributed by atoms with van der Waals surface area (Å²) < 4.78 is 0. The van der Waals surface area contributed by atoms with Crippen molar-refractivity contribution in [2.75, 3.05) is 6.54 Å². The van der Waals surface area contributed by atoms with Gasteiger partial charge in [0.1, 0.15) is 5.78 Å². The van der Waals surface area contributed by atoms with Crippen LogP contribution in [0.4, 0.5) is 0 Å². The van der Waals surface area contributed by atoms with Gasteiger partial charge in [0, 0.05) is 10.8 Å². The molecule has 0 aliphatic carbocycles. The molecule has 0 saturated carbocycles. The van der Waals surface area contributed by atoms with Crippen LogP contribution in [-0.4, -0.2) is 17.3 Å². The minimum atomic E-state index is -0.376. The minimum Gasteiger partial charge on any atom is -0.300 e. The molecule has 1 aromatic rings. The molecule has 1 rings (SSSR count). The molecule has 0 spiro atoms. The first-order chi connectivity index (χ1) is 8.50. The van der Waals surface area contributed by atoms with Crippen molar-refractivity contribution in [1.82, 2.24) is 0 Å². The van der Waals surface area contributed by atoms with Gasteiger partial charge in [-0.25, -0.2) is 0 Å². The first kappa shape index (κ1) is 14.1. The summed E-state index contributed by atoms with van der Waals surface area (Å²) in [6, 6.07) is 9.54. The number of carbonyl (C=O) groups excluding carboxylic acids is 1. The van der Waals surface area contributed by atoms with Crippen molar-refractivity contribution >= 4 is 11.9 Å². The average molecular weight is 247 g/mol.